The van der Waals surface area contributed by atoms with Crippen molar-refractivity contribution in [1.82, 2.24) is 0 Å². The van der Waals surface area contributed by atoms with Crippen LogP contribution >= 0.6 is 23.2 Å². The summed E-state index contributed by atoms with van der Waals surface area (Å²) in [6.45, 7) is 3.73. The second-order valence-electron chi connectivity index (χ2n) is 2.33. The lowest BCUT2D eigenvalue weighted by molar-refractivity contribution is -0.110. The van der Waals surface area contributed by atoms with Crippen LogP contribution in [0.5, 0.6) is 0 Å². The average Bonchev–Trinajstić information content (AvgIpc) is 1.86. The molecule has 0 radical (unpaired) electrons. The van der Waals surface area contributed by atoms with Gasteiger partial charge in [0.2, 0.25) is 0 Å². The van der Waals surface area contributed by atoms with Crippen LogP contribution in [-0.4, -0.2) is 17.0 Å². The summed E-state index contributed by atoms with van der Waals surface area (Å²) in [4.78, 5) is 9.42. The Labute approximate surface area is 65.3 Å². The number of alkyl halides is 2. The Kier molecular flexibility index (Phi) is 3.52. The first-order chi connectivity index (χ1) is 4.06. The molecule has 0 bridgehead atoms. The molecule has 0 aromatic heterocycles. The second kappa shape index (κ2) is 3.43. The van der Waals surface area contributed by atoms with Gasteiger partial charge >= 0.3 is 0 Å². The Balaban J connectivity index is 4.08. The maximum absolute atomic E-state index is 10.3. The molecule has 0 N–H and O–H groups in total. The van der Waals surface area contributed by atoms with E-state index in [1.165, 1.54) is 0 Å². The molecule has 0 aromatic rings. The van der Waals surface area contributed by atoms with E-state index in [0.29, 0.717) is 6.29 Å². The van der Waals surface area contributed by atoms with Gasteiger partial charge in [0.05, 0.1) is 0 Å². The van der Waals surface area contributed by atoms with Gasteiger partial charge in [0.25, 0.3) is 0 Å². The summed E-state index contributed by atoms with van der Waals surface area (Å²) in [5.74, 6) is 0.268. The fourth-order valence-corrected chi connectivity index (χ4v) is 0.693. The summed E-state index contributed by atoms with van der Waals surface area (Å²) in [5, 5.41) is 0. The molecular weight excluding hydrogens is 159 g/mol. The topological polar surface area (TPSA) is 17.1 Å². The first-order valence-corrected chi connectivity index (χ1v) is 3.69. The molecule has 0 aliphatic heterocycles. The van der Waals surface area contributed by atoms with Gasteiger partial charge in [-0.1, -0.05) is 13.8 Å². The van der Waals surface area contributed by atoms with Gasteiger partial charge < -0.3 is 4.79 Å². The van der Waals surface area contributed by atoms with Crippen molar-refractivity contribution in [2.45, 2.75) is 18.7 Å². The third-order valence-corrected chi connectivity index (χ3v) is 2.60. The van der Waals surface area contributed by atoms with Crippen molar-refractivity contribution in [1.29, 1.82) is 0 Å². The van der Waals surface area contributed by atoms with E-state index in [1.807, 2.05) is 13.8 Å². The van der Waals surface area contributed by atoms with Crippen LogP contribution in [0.3, 0.4) is 0 Å². The Morgan fingerprint density at radius 1 is 1.67 bits per heavy atom. The van der Waals surface area contributed by atoms with Gasteiger partial charge in [-0.05, 0) is 5.92 Å². The Morgan fingerprint density at radius 2 is 2.11 bits per heavy atom. The maximum atomic E-state index is 10.3. The summed E-state index contributed by atoms with van der Waals surface area (Å²) in [6.07, 6.45) is 0.701. The number of rotatable bonds is 3. The van der Waals surface area contributed by atoms with Gasteiger partial charge in [0.1, 0.15) is 11.2 Å². The lowest BCUT2D eigenvalue weighted by atomic mass is 9.99. The summed E-state index contributed by atoms with van der Waals surface area (Å²) in [7, 11) is 0. The fraction of sp³-hybridized carbons (Fsp3) is 0.833. The van der Waals surface area contributed by atoms with Crippen LogP contribution in [0, 0.1) is 5.92 Å². The van der Waals surface area contributed by atoms with E-state index in [9.17, 15) is 4.79 Å². The zero-order valence-electron chi connectivity index (χ0n) is 5.53. The van der Waals surface area contributed by atoms with Gasteiger partial charge in [-0.3, -0.25) is 0 Å². The minimum Gasteiger partial charge on any atom is -0.301 e. The van der Waals surface area contributed by atoms with Crippen LogP contribution in [0.1, 0.15) is 13.8 Å². The molecule has 0 amide bonds. The van der Waals surface area contributed by atoms with E-state index >= 15 is 0 Å². The van der Waals surface area contributed by atoms with Crippen molar-refractivity contribution in [3.8, 4) is 0 Å². The summed E-state index contributed by atoms with van der Waals surface area (Å²) in [5.41, 5.74) is 0. The Bertz CT molecular complexity index is 103. The lowest BCUT2D eigenvalue weighted by Crippen LogP contribution is -2.32. The van der Waals surface area contributed by atoms with Gasteiger partial charge in [-0.15, -0.1) is 23.2 Å². The third kappa shape index (κ3) is 2.15. The Morgan fingerprint density at radius 3 is 2.11 bits per heavy atom. The van der Waals surface area contributed by atoms with Crippen LogP contribution < -0.4 is 0 Å². The van der Waals surface area contributed by atoms with Crippen molar-refractivity contribution < 1.29 is 4.79 Å². The zero-order valence-corrected chi connectivity index (χ0v) is 7.04. The molecule has 0 rings (SSSR count). The smallest absolute Gasteiger partial charge is 0.142 e. The molecule has 0 heterocycles. The molecule has 0 aliphatic carbocycles. The van der Waals surface area contributed by atoms with E-state index in [4.69, 9.17) is 23.2 Å². The van der Waals surface area contributed by atoms with E-state index in [2.05, 4.69) is 0 Å². The van der Waals surface area contributed by atoms with Crippen LogP contribution in [0.2, 0.25) is 0 Å². The highest BCUT2D eigenvalue weighted by Crippen LogP contribution is 2.23. The van der Waals surface area contributed by atoms with E-state index < -0.39 is 4.87 Å². The SMILES string of the molecule is CC(C)C(Cl)(C=O)CCl. The highest BCUT2D eigenvalue weighted by molar-refractivity contribution is 6.37. The Hall–Kier alpha value is 0.250. The predicted molar refractivity (Wildman–Crippen MR) is 40.2 cm³/mol. The molecule has 0 aliphatic rings. The minimum atomic E-state index is -0.860. The monoisotopic (exact) mass is 168 g/mol. The molecule has 3 heteroatoms. The van der Waals surface area contributed by atoms with Crippen molar-refractivity contribution in [2.24, 2.45) is 5.92 Å². The second-order valence-corrected chi connectivity index (χ2v) is 3.30. The zero-order chi connectivity index (χ0) is 7.49. The first-order valence-electron chi connectivity index (χ1n) is 2.78. The van der Waals surface area contributed by atoms with Crippen molar-refractivity contribution in [3.63, 3.8) is 0 Å². The number of carbonyl (C=O) groups excluding carboxylic acids is 1. The summed E-state index contributed by atoms with van der Waals surface area (Å²) < 4.78 is 0. The van der Waals surface area contributed by atoms with E-state index in [-0.39, 0.29) is 11.8 Å². The molecule has 1 unspecified atom stereocenters. The van der Waals surface area contributed by atoms with Gasteiger partial charge in [-0.25, -0.2) is 0 Å². The van der Waals surface area contributed by atoms with Gasteiger partial charge in [0, 0.05) is 5.88 Å². The third-order valence-electron chi connectivity index (χ3n) is 1.36. The first kappa shape index (κ1) is 9.25. The summed E-state index contributed by atoms with van der Waals surface area (Å²) in [6, 6.07) is 0. The van der Waals surface area contributed by atoms with Crippen LogP contribution in [0.4, 0.5) is 0 Å². The highest BCUT2D eigenvalue weighted by Gasteiger charge is 2.29. The van der Waals surface area contributed by atoms with Crippen LogP contribution in [0.25, 0.3) is 0 Å². The largest absolute Gasteiger partial charge is 0.301 e. The molecule has 0 aromatic carbocycles. The molecule has 0 saturated heterocycles. The van der Waals surface area contributed by atoms with Gasteiger partial charge in [-0.2, -0.15) is 0 Å². The van der Waals surface area contributed by atoms with Crippen molar-refractivity contribution in [2.75, 3.05) is 5.88 Å². The maximum Gasteiger partial charge on any atom is 0.142 e. The molecule has 0 spiro atoms. The molecule has 9 heavy (non-hydrogen) atoms. The molecule has 1 nitrogen and oxygen atoms in total. The number of aldehydes is 1. The van der Waals surface area contributed by atoms with Crippen molar-refractivity contribution in [3.05, 3.63) is 0 Å². The molecule has 0 fully saturated rings. The summed E-state index contributed by atoms with van der Waals surface area (Å²) >= 11 is 11.2. The van der Waals surface area contributed by atoms with E-state index in [0.717, 1.165) is 0 Å². The average molecular weight is 169 g/mol. The van der Waals surface area contributed by atoms with E-state index in [1.54, 1.807) is 0 Å². The fourth-order valence-electron chi connectivity index (χ4n) is 0.322. The number of hydrogen-bond acceptors (Lipinski definition) is 1. The quantitative estimate of drug-likeness (QED) is 0.466. The lowest BCUT2D eigenvalue weighted by Gasteiger charge is -2.20. The van der Waals surface area contributed by atoms with Crippen LogP contribution in [-0.2, 0) is 4.79 Å². The molecule has 1 atom stereocenters. The molecule has 0 saturated carbocycles. The number of halogens is 2. The molecule has 54 valence electrons. The van der Waals surface area contributed by atoms with Gasteiger partial charge in [0.15, 0.2) is 0 Å². The standard InChI is InChI=1S/C6H10Cl2O/c1-5(2)6(8,3-7)4-9/h4-5H,3H2,1-2H3. The van der Waals surface area contributed by atoms with Crippen molar-refractivity contribution >= 4 is 29.5 Å². The number of hydrogen-bond donors (Lipinski definition) is 0. The highest BCUT2D eigenvalue weighted by atomic mass is 35.5. The minimum absolute atomic E-state index is 0.0918. The predicted octanol–water partition coefficient (Wildman–Crippen LogP) is 2.06. The van der Waals surface area contributed by atoms with Crippen LogP contribution in [0.15, 0.2) is 0 Å². The number of carbonyl (C=O) groups is 1. The normalized spacial score (nSPS) is 17.4. The molecular formula is C6H10Cl2O.